The number of hydrogen-bond acceptors (Lipinski definition) is 4. The lowest BCUT2D eigenvalue weighted by atomic mass is 10.1. The van der Waals surface area contributed by atoms with Crippen molar-refractivity contribution >= 4 is 23.4 Å². The Morgan fingerprint density at radius 3 is 2.94 bits per heavy atom. The third-order valence-corrected chi connectivity index (χ3v) is 3.37. The van der Waals surface area contributed by atoms with Gasteiger partial charge in [-0.25, -0.2) is 0 Å². The SMILES string of the molecule is CCSCC(C)NC(=O)c1cc(O)ccc1N. The summed E-state index contributed by atoms with van der Waals surface area (Å²) in [5.41, 5.74) is 6.38. The summed E-state index contributed by atoms with van der Waals surface area (Å²) in [6, 6.07) is 4.44. The Balaban J connectivity index is 2.66. The van der Waals surface area contributed by atoms with Crippen molar-refractivity contribution in [3.63, 3.8) is 0 Å². The molecule has 1 rings (SSSR count). The van der Waals surface area contributed by atoms with E-state index in [-0.39, 0.29) is 17.7 Å². The minimum Gasteiger partial charge on any atom is -0.508 e. The Morgan fingerprint density at radius 2 is 2.29 bits per heavy atom. The second kappa shape index (κ2) is 6.39. The molecule has 0 saturated heterocycles. The van der Waals surface area contributed by atoms with Crippen LogP contribution in [-0.2, 0) is 0 Å². The van der Waals surface area contributed by atoms with Crippen molar-refractivity contribution < 1.29 is 9.90 Å². The van der Waals surface area contributed by atoms with Crippen molar-refractivity contribution in [3.05, 3.63) is 23.8 Å². The molecular weight excluding hydrogens is 236 g/mol. The van der Waals surface area contributed by atoms with Gasteiger partial charge in [-0.3, -0.25) is 4.79 Å². The third-order valence-electron chi connectivity index (χ3n) is 2.23. The molecule has 1 aromatic rings. The molecule has 1 unspecified atom stereocenters. The van der Waals surface area contributed by atoms with Crippen LogP contribution < -0.4 is 11.1 Å². The predicted octanol–water partition coefficient (Wildman–Crippen LogP) is 1.85. The average Bonchev–Trinajstić information content (AvgIpc) is 2.29. The second-order valence-corrected chi connectivity index (χ2v) is 5.12. The number of nitrogen functional groups attached to an aromatic ring is 1. The molecule has 5 heteroatoms. The van der Waals surface area contributed by atoms with Gasteiger partial charge in [0.15, 0.2) is 0 Å². The molecule has 1 atom stereocenters. The minimum atomic E-state index is -0.248. The van der Waals surface area contributed by atoms with Crippen molar-refractivity contribution in [1.82, 2.24) is 5.32 Å². The fourth-order valence-electron chi connectivity index (χ4n) is 1.38. The molecule has 0 saturated carbocycles. The summed E-state index contributed by atoms with van der Waals surface area (Å²) >= 11 is 1.77. The number of carbonyl (C=O) groups is 1. The Bertz CT molecular complexity index is 396. The molecule has 0 fully saturated rings. The van der Waals surface area contributed by atoms with E-state index in [9.17, 15) is 9.90 Å². The third kappa shape index (κ3) is 4.19. The van der Waals surface area contributed by atoms with Gasteiger partial charge in [0, 0.05) is 17.5 Å². The lowest BCUT2D eigenvalue weighted by molar-refractivity contribution is 0.0944. The number of nitrogens with two attached hydrogens (primary N) is 1. The van der Waals surface area contributed by atoms with E-state index in [2.05, 4.69) is 12.2 Å². The van der Waals surface area contributed by atoms with Crippen LogP contribution >= 0.6 is 11.8 Å². The van der Waals surface area contributed by atoms with Crippen molar-refractivity contribution in [2.45, 2.75) is 19.9 Å². The number of thioether (sulfide) groups is 1. The molecular formula is C12H18N2O2S. The van der Waals surface area contributed by atoms with Gasteiger partial charge in [-0.05, 0) is 30.9 Å². The number of amides is 1. The van der Waals surface area contributed by atoms with E-state index in [4.69, 9.17) is 5.73 Å². The second-order valence-electron chi connectivity index (χ2n) is 3.81. The number of rotatable bonds is 5. The minimum absolute atomic E-state index is 0.0416. The molecule has 17 heavy (non-hydrogen) atoms. The van der Waals surface area contributed by atoms with Gasteiger partial charge in [-0.1, -0.05) is 6.92 Å². The van der Waals surface area contributed by atoms with Crippen molar-refractivity contribution in [2.75, 3.05) is 17.2 Å². The molecule has 1 amide bonds. The number of carbonyl (C=O) groups excluding carboxylic acids is 1. The molecule has 0 radical (unpaired) electrons. The number of anilines is 1. The van der Waals surface area contributed by atoms with Crippen LogP contribution in [0.1, 0.15) is 24.2 Å². The van der Waals surface area contributed by atoms with Crippen LogP contribution in [-0.4, -0.2) is 28.6 Å². The molecule has 0 spiro atoms. The Morgan fingerprint density at radius 1 is 1.59 bits per heavy atom. The highest BCUT2D eigenvalue weighted by molar-refractivity contribution is 7.99. The number of phenols is 1. The van der Waals surface area contributed by atoms with Gasteiger partial charge in [0.1, 0.15) is 5.75 Å². The lowest BCUT2D eigenvalue weighted by Crippen LogP contribution is -2.34. The van der Waals surface area contributed by atoms with E-state index in [1.54, 1.807) is 11.8 Å². The fourth-order valence-corrected chi connectivity index (χ4v) is 2.05. The van der Waals surface area contributed by atoms with E-state index in [0.29, 0.717) is 11.3 Å². The molecule has 0 aliphatic carbocycles. The number of phenolic OH excluding ortho intramolecular Hbond substituents is 1. The van der Waals surface area contributed by atoms with Gasteiger partial charge in [-0.2, -0.15) is 11.8 Å². The molecule has 0 aliphatic heterocycles. The van der Waals surface area contributed by atoms with Gasteiger partial charge in [-0.15, -0.1) is 0 Å². The summed E-state index contributed by atoms with van der Waals surface area (Å²) in [6.45, 7) is 4.02. The van der Waals surface area contributed by atoms with Crippen LogP contribution in [0.25, 0.3) is 0 Å². The van der Waals surface area contributed by atoms with Crippen LogP contribution in [0.15, 0.2) is 18.2 Å². The maximum atomic E-state index is 11.9. The number of hydrogen-bond donors (Lipinski definition) is 3. The summed E-state index contributed by atoms with van der Waals surface area (Å²) < 4.78 is 0. The van der Waals surface area contributed by atoms with Crippen molar-refractivity contribution in [2.24, 2.45) is 0 Å². The zero-order valence-electron chi connectivity index (χ0n) is 10.1. The largest absolute Gasteiger partial charge is 0.508 e. The van der Waals surface area contributed by atoms with E-state index >= 15 is 0 Å². The number of benzene rings is 1. The molecule has 0 bridgehead atoms. The predicted molar refractivity (Wildman–Crippen MR) is 72.4 cm³/mol. The van der Waals surface area contributed by atoms with Gasteiger partial charge in [0.05, 0.1) is 5.56 Å². The number of aromatic hydroxyl groups is 1. The normalized spacial score (nSPS) is 12.1. The van der Waals surface area contributed by atoms with Crippen LogP contribution in [0.2, 0.25) is 0 Å². The molecule has 4 N–H and O–H groups in total. The highest BCUT2D eigenvalue weighted by Crippen LogP contribution is 2.18. The topological polar surface area (TPSA) is 75.3 Å². The first kappa shape index (κ1) is 13.7. The highest BCUT2D eigenvalue weighted by Gasteiger charge is 2.13. The Kier molecular flexibility index (Phi) is 5.15. The zero-order valence-corrected chi connectivity index (χ0v) is 10.9. The standard InChI is InChI=1S/C12H18N2O2S/c1-3-17-7-8(2)14-12(16)10-6-9(15)4-5-11(10)13/h4-6,8,15H,3,7,13H2,1-2H3,(H,14,16). The van der Waals surface area contributed by atoms with Crippen molar-refractivity contribution in [1.29, 1.82) is 0 Å². The number of nitrogens with one attached hydrogen (secondary N) is 1. The first-order valence-corrected chi connectivity index (χ1v) is 6.67. The lowest BCUT2D eigenvalue weighted by Gasteiger charge is -2.14. The quantitative estimate of drug-likeness (QED) is 0.553. The molecule has 94 valence electrons. The maximum absolute atomic E-state index is 11.9. The smallest absolute Gasteiger partial charge is 0.253 e. The van der Waals surface area contributed by atoms with Gasteiger partial charge < -0.3 is 16.2 Å². The van der Waals surface area contributed by atoms with E-state index < -0.39 is 0 Å². The van der Waals surface area contributed by atoms with E-state index in [1.807, 2.05) is 6.92 Å². The monoisotopic (exact) mass is 254 g/mol. The maximum Gasteiger partial charge on any atom is 0.253 e. The Hall–Kier alpha value is -1.36. The average molecular weight is 254 g/mol. The van der Waals surface area contributed by atoms with Crippen LogP contribution in [0, 0.1) is 0 Å². The first-order valence-electron chi connectivity index (χ1n) is 5.51. The summed E-state index contributed by atoms with van der Waals surface area (Å²) in [5, 5.41) is 12.2. The van der Waals surface area contributed by atoms with E-state index in [1.165, 1.54) is 18.2 Å². The molecule has 0 heterocycles. The summed E-state index contributed by atoms with van der Waals surface area (Å²) in [4.78, 5) is 11.9. The van der Waals surface area contributed by atoms with Crippen LogP contribution in [0.5, 0.6) is 5.75 Å². The fraction of sp³-hybridized carbons (Fsp3) is 0.417. The van der Waals surface area contributed by atoms with E-state index in [0.717, 1.165) is 11.5 Å². The summed E-state index contributed by atoms with van der Waals surface area (Å²) in [6.07, 6.45) is 0. The van der Waals surface area contributed by atoms with Crippen LogP contribution in [0.4, 0.5) is 5.69 Å². The Labute approximate surface area is 106 Å². The van der Waals surface area contributed by atoms with Gasteiger partial charge in [0.2, 0.25) is 0 Å². The molecule has 0 aromatic heterocycles. The molecule has 1 aromatic carbocycles. The summed E-state index contributed by atoms with van der Waals surface area (Å²) in [5.74, 6) is 1.68. The zero-order chi connectivity index (χ0) is 12.8. The first-order chi connectivity index (χ1) is 8.04. The van der Waals surface area contributed by atoms with Gasteiger partial charge in [0.25, 0.3) is 5.91 Å². The van der Waals surface area contributed by atoms with Gasteiger partial charge >= 0.3 is 0 Å². The highest BCUT2D eigenvalue weighted by atomic mass is 32.2. The molecule has 0 aliphatic rings. The van der Waals surface area contributed by atoms with Crippen LogP contribution in [0.3, 0.4) is 0 Å². The summed E-state index contributed by atoms with van der Waals surface area (Å²) in [7, 11) is 0. The molecule has 4 nitrogen and oxygen atoms in total. The van der Waals surface area contributed by atoms with Crippen molar-refractivity contribution in [3.8, 4) is 5.75 Å².